The highest BCUT2D eigenvalue weighted by atomic mass is 16.6. The maximum atomic E-state index is 12.6. The van der Waals surface area contributed by atoms with E-state index in [2.05, 4.69) is 44.2 Å². The summed E-state index contributed by atoms with van der Waals surface area (Å²) in [7, 11) is 5.38. The number of hydrogen-bond acceptors (Lipinski definition) is 7. The molecule has 0 aliphatic carbocycles. The largest absolute Gasteiger partial charge is 0.544 e. The van der Waals surface area contributed by atoms with Crippen LogP contribution in [0.25, 0.3) is 0 Å². The maximum Gasteiger partial charge on any atom is 0.306 e. The summed E-state index contributed by atoms with van der Waals surface area (Å²) in [5, 5.41) is 11.5. The highest BCUT2D eigenvalue weighted by Crippen LogP contribution is 2.12. The van der Waals surface area contributed by atoms with Crippen LogP contribution in [0.2, 0.25) is 0 Å². The average Bonchev–Trinajstić information content (AvgIpc) is 3.03. The molecule has 0 saturated heterocycles. The normalized spacial score (nSPS) is 13.4. The summed E-state index contributed by atoms with van der Waals surface area (Å²) in [5.74, 6) is -1.82. The van der Waals surface area contributed by atoms with Crippen LogP contribution in [0.1, 0.15) is 149 Å². The molecule has 278 valence electrons. The number of unbranched alkanes of at least 4 members (excludes halogenated alkanes) is 13. The van der Waals surface area contributed by atoms with Gasteiger partial charge in [0.2, 0.25) is 0 Å². The Balaban J connectivity index is 4.38. The van der Waals surface area contributed by atoms with E-state index in [-0.39, 0.29) is 49.1 Å². The van der Waals surface area contributed by atoms with Gasteiger partial charge in [0.15, 0.2) is 6.10 Å². The first kappa shape index (κ1) is 45.6. The second-order valence-electron chi connectivity index (χ2n) is 13.8. The molecule has 2 unspecified atom stereocenters. The fraction of sp³-hybridized carbons (Fsp3) is 0.775. The van der Waals surface area contributed by atoms with Gasteiger partial charge in [-0.25, -0.2) is 0 Å². The Morgan fingerprint density at radius 1 is 0.625 bits per heavy atom. The van der Waals surface area contributed by atoms with Crippen molar-refractivity contribution in [2.24, 2.45) is 0 Å². The van der Waals surface area contributed by atoms with Gasteiger partial charge in [-0.15, -0.1) is 0 Å². The number of allylic oxidation sites excluding steroid dienone is 6. The molecule has 0 saturated carbocycles. The summed E-state index contributed by atoms with van der Waals surface area (Å²) in [6.07, 6.45) is 33.4. The van der Waals surface area contributed by atoms with Crippen LogP contribution in [0.15, 0.2) is 36.5 Å². The molecule has 0 aliphatic rings. The molecule has 0 radical (unpaired) electrons. The second kappa shape index (κ2) is 31.8. The van der Waals surface area contributed by atoms with E-state index in [0.29, 0.717) is 12.8 Å². The third-order valence-electron chi connectivity index (χ3n) is 8.26. The van der Waals surface area contributed by atoms with Crippen molar-refractivity contribution >= 4 is 17.9 Å². The number of ether oxygens (including phenoxy) is 3. The van der Waals surface area contributed by atoms with Crippen LogP contribution in [0.3, 0.4) is 0 Å². The lowest BCUT2D eigenvalue weighted by Gasteiger charge is -2.34. The van der Waals surface area contributed by atoms with Crippen molar-refractivity contribution in [3.8, 4) is 0 Å². The van der Waals surface area contributed by atoms with Crippen molar-refractivity contribution < 1.29 is 38.2 Å². The number of carboxylic acid groups (broad SMARTS) is 1. The fourth-order valence-corrected chi connectivity index (χ4v) is 5.23. The molecule has 0 rings (SSSR count). The lowest BCUT2D eigenvalue weighted by molar-refractivity contribution is -0.889. The predicted octanol–water partition coefficient (Wildman–Crippen LogP) is 8.18. The second-order valence-corrected chi connectivity index (χ2v) is 13.8. The van der Waals surface area contributed by atoms with Gasteiger partial charge in [0, 0.05) is 19.3 Å². The first-order chi connectivity index (χ1) is 23.1. The minimum absolute atomic E-state index is 0.0260. The van der Waals surface area contributed by atoms with Crippen molar-refractivity contribution in [2.45, 2.75) is 161 Å². The first-order valence-electron chi connectivity index (χ1n) is 19.0. The maximum absolute atomic E-state index is 12.6. The van der Waals surface area contributed by atoms with Gasteiger partial charge in [-0.3, -0.25) is 9.59 Å². The minimum atomic E-state index is -1.13. The third kappa shape index (κ3) is 29.7. The molecule has 0 spiro atoms. The molecule has 8 nitrogen and oxygen atoms in total. The van der Waals surface area contributed by atoms with Crippen LogP contribution in [-0.4, -0.2) is 75.5 Å². The van der Waals surface area contributed by atoms with E-state index in [1.165, 1.54) is 64.2 Å². The smallest absolute Gasteiger partial charge is 0.306 e. The van der Waals surface area contributed by atoms with Gasteiger partial charge in [-0.05, 0) is 57.8 Å². The van der Waals surface area contributed by atoms with E-state index in [1.54, 1.807) is 21.1 Å². The monoisotopic (exact) mass is 678 g/mol. The van der Waals surface area contributed by atoms with Crippen LogP contribution < -0.4 is 5.11 Å². The molecule has 0 amide bonds. The molecule has 8 heteroatoms. The lowest BCUT2D eigenvalue weighted by Crippen LogP contribution is -2.55. The van der Waals surface area contributed by atoms with Crippen LogP contribution >= 0.6 is 0 Å². The van der Waals surface area contributed by atoms with Crippen molar-refractivity contribution in [2.75, 3.05) is 41.0 Å². The van der Waals surface area contributed by atoms with E-state index >= 15 is 0 Å². The molecule has 0 aromatic rings. The number of nitrogens with zero attached hydrogens (tertiary/aromatic N) is 1. The molecule has 2 atom stereocenters. The number of quaternary nitrogens is 1. The molecule has 48 heavy (non-hydrogen) atoms. The van der Waals surface area contributed by atoms with E-state index in [4.69, 9.17) is 14.2 Å². The number of rotatable bonds is 33. The van der Waals surface area contributed by atoms with Gasteiger partial charge in [-0.2, -0.15) is 0 Å². The Bertz CT molecular complexity index is 891. The average molecular weight is 678 g/mol. The number of carbonyl (C=O) groups is 3. The zero-order chi connectivity index (χ0) is 35.7. The van der Waals surface area contributed by atoms with Gasteiger partial charge < -0.3 is 28.6 Å². The minimum Gasteiger partial charge on any atom is -0.544 e. The molecule has 0 fully saturated rings. The number of esters is 2. The third-order valence-corrected chi connectivity index (χ3v) is 8.26. The van der Waals surface area contributed by atoms with Crippen molar-refractivity contribution in [3.63, 3.8) is 0 Å². The quantitative estimate of drug-likeness (QED) is 0.0299. The van der Waals surface area contributed by atoms with E-state index in [1.807, 2.05) is 6.08 Å². The Labute approximate surface area is 293 Å². The van der Waals surface area contributed by atoms with Gasteiger partial charge in [-0.1, -0.05) is 108 Å². The van der Waals surface area contributed by atoms with Gasteiger partial charge >= 0.3 is 11.9 Å². The SMILES string of the molecule is CCCCC/C=C/C/C=C/CCCCCCCCCC(=O)OC(COCCC(C(=O)[O-])[N+](C)(C)C)COC(=O)CC/C=C/CCCCC. The predicted molar refractivity (Wildman–Crippen MR) is 194 cm³/mol. The number of aliphatic carboxylic acids is 1. The summed E-state index contributed by atoms with van der Waals surface area (Å²) in [6.45, 7) is 4.50. The van der Waals surface area contributed by atoms with Crippen LogP contribution in [0.4, 0.5) is 0 Å². The Kier molecular flexibility index (Phi) is 30.2. The highest BCUT2D eigenvalue weighted by Gasteiger charge is 2.25. The first-order valence-corrected chi connectivity index (χ1v) is 19.0. The van der Waals surface area contributed by atoms with Gasteiger partial charge in [0.1, 0.15) is 12.6 Å². The van der Waals surface area contributed by atoms with Crippen LogP contribution in [-0.2, 0) is 28.6 Å². The summed E-state index contributed by atoms with van der Waals surface area (Å²) in [5.41, 5.74) is 0. The molecular weight excluding hydrogens is 606 g/mol. The van der Waals surface area contributed by atoms with Crippen LogP contribution in [0, 0.1) is 0 Å². The number of carboxylic acids is 1. The van der Waals surface area contributed by atoms with Gasteiger partial charge in [0.05, 0.1) is 40.3 Å². The van der Waals surface area contributed by atoms with Gasteiger partial charge in [0.25, 0.3) is 0 Å². The van der Waals surface area contributed by atoms with Crippen molar-refractivity contribution in [1.29, 1.82) is 0 Å². The topological polar surface area (TPSA) is 102 Å². The molecular formula is C40H71NO7. The number of carbonyl (C=O) groups excluding carboxylic acids is 3. The van der Waals surface area contributed by atoms with E-state index in [0.717, 1.165) is 44.9 Å². The molecule has 0 bridgehead atoms. The Morgan fingerprint density at radius 3 is 1.71 bits per heavy atom. The summed E-state index contributed by atoms with van der Waals surface area (Å²) in [6, 6.07) is -0.729. The highest BCUT2D eigenvalue weighted by molar-refractivity contribution is 5.70. The van der Waals surface area contributed by atoms with Crippen LogP contribution in [0.5, 0.6) is 0 Å². The Hall–Kier alpha value is -2.45. The molecule has 0 aromatic carbocycles. The summed E-state index contributed by atoms with van der Waals surface area (Å²) < 4.78 is 17.0. The molecule has 0 aliphatic heterocycles. The Morgan fingerprint density at radius 2 is 1.15 bits per heavy atom. The van der Waals surface area contributed by atoms with E-state index in [9.17, 15) is 19.5 Å². The lowest BCUT2D eigenvalue weighted by atomic mass is 10.1. The molecule has 0 N–H and O–H groups in total. The number of likely N-dealkylation sites (N-methyl/N-ethyl adjacent to an activating group) is 1. The summed E-state index contributed by atoms with van der Waals surface area (Å²) >= 11 is 0. The molecule has 0 aromatic heterocycles. The summed E-state index contributed by atoms with van der Waals surface area (Å²) in [4.78, 5) is 36.5. The number of hydrogen-bond donors (Lipinski definition) is 0. The molecule has 0 heterocycles. The van der Waals surface area contributed by atoms with Crippen molar-refractivity contribution in [1.82, 2.24) is 0 Å². The van der Waals surface area contributed by atoms with E-state index < -0.39 is 18.1 Å². The zero-order valence-corrected chi connectivity index (χ0v) is 31.4. The fourth-order valence-electron chi connectivity index (χ4n) is 5.23. The standard InChI is InChI=1S/C40H71NO7/c1-6-8-10-12-14-15-16-17-18-19-20-21-22-23-25-27-29-31-39(43)48-36(34-46-33-32-37(40(44)45)41(3,4)5)35-47-38(42)30-28-26-24-13-11-9-7-2/h14-15,17-18,24,26,36-37H,6-13,16,19-23,25,27-35H2,1-5H3/b15-14+,18-17+,26-24+. The zero-order valence-electron chi connectivity index (χ0n) is 31.4. The van der Waals surface area contributed by atoms with Crippen molar-refractivity contribution in [3.05, 3.63) is 36.5 Å².